The average Bonchev–Trinajstić information content (AvgIpc) is 2.87. The van der Waals surface area contributed by atoms with E-state index in [0.29, 0.717) is 12.2 Å². The molecule has 1 N–H and O–H groups in total. The van der Waals surface area contributed by atoms with Gasteiger partial charge in [0.1, 0.15) is 17.4 Å². The highest BCUT2D eigenvalue weighted by atomic mass is 19.1. The molecule has 1 heterocycles. The number of nitrogens with zero attached hydrogens (tertiary/aromatic N) is 1. The van der Waals surface area contributed by atoms with Crippen molar-refractivity contribution < 1.29 is 13.5 Å². The summed E-state index contributed by atoms with van der Waals surface area (Å²) in [6.07, 6.45) is 0.991. The van der Waals surface area contributed by atoms with Gasteiger partial charge in [0, 0.05) is 31.3 Å². The van der Waals surface area contributed by atoms with Gasteiger partial charge in [0.15, 0.2) is 0 Å². The van der Waals surface area contributed by atoms with Gasteiger partial charge < -0.3 is 10.1 Å². The number of hydrogen-bond acceptors (Lipinski definition) is 3. The number of rotatable bonds is 5. The summed E-state index contributed by atoms with van der Waals surface area (Å²) in [5, 5.41) is 3.37. The van der Waals surface area contributed by atoms with E-state index in [1.54, 1.807) is 6.07 Å². The van der Waals surface area contributed by atoms with Crippen LogP contribution in [0.2, 0.25) is 0 Å². The largest absolute Gasteiger partial charge is 0.494 e. The van der Waals surface area contributed by atoms with E-state index < -0.39 is 11.6 Å². The minimum Gasteiger partial charge on any atom is -0.494 e. The molecule has 0 bridgehead atoms. The van der Waals surface area contributed by atoms with Gasteiger partial charge in [0.2, 0.25) is 0 Å². The molecule has 0 amide bonds. The van der Waals surface area contributed by atoms with Gasteiger partial charge in [-0.2, -0.15) is 0 Å². The standard InChI is InChI=1S/C20H24F2N2O/c1-2-25-17-6-3-5-15(13-17)20(24-11-4-9-23-10-12-24)18-8-7-16(21)14-19(18)22/h3,5-8,13-14,20,23H,2,4,9-12H2,1H3. The molecule has 0 saturated carbocycles. The Hall–Kier alpha value is -1.98. The maximum atomic E-state index is 14.6. The lowest BCUT2D eigenvalue weighted by Gasteiger charge is -2.31. The van der Waals surface area contributed by atoms with Crippen LogP contribution >= 0.6 is 0 Å². The maximum absolute atomic E-state index is 14.6. The number of hydrogen-bond donors (Lipinski definition) is 1. The molecule has 0 spiro atoms. The highest BCUT2D eigenvalue weighted by molar-refractivity contribution is 5.37. The van der Waals surface area contributed by atoms with Crippen molar-refractivity contribution in [1.82, 2.24) is 10.2 Å². The van der Waals surface area contributed by atoms with Crippen LogP contribution in [-0.4, -0.2) is 37.7 Å². The second kappa shape index (κ2) is 8.41. The summed E-state index contributed by atoms with van der Waals surface area (Å²) >= 11 is 0. The molecule has 1 atom stereocenters. The van der Waals surface area contributed by atoms with Crippen molar-refractivity contribution in [2.24, 2.45) is 0 Å². The van der Waals surface area contributed by atoms with Crippen molar-refractivity contribution in [2.45, 2.75) is 19.4 Å². The molecule has 3 nitrogen and oxygen atoms in total. The van der Waals surface area contributed by atoms with E-state index in [0.717, 1.165) is 50.0 Å². The summed E-state index contributed by atoms with van der Waals surface area (Å²) in [4.78, 5) is 2.25. The third-order valence-electron chi connectivity index (χ3n) is 4.48. The van der Waals surface area contributed by atoms with Crippen molar-refractivity contribution in [3.8, 4) is 5.75 Å². The Morgan fingerprint density at radius 3 is 2.80 bits per heavy atom. The molecule has 5 heteroatoms. The molecular weight excluding hydrogens is 322 g/mol. The predicted molar refractivity (Wildman–Crippen MR) is 94.9 cm³/mol. The van der Waals surface area contributed by atoms with Gasteiger partial charge in [-0.1, -0.05) is 18.2 Å². The molecule has 25 heavy (non-hydrogen) atoms. The monoisotopic (exact) mass is 346 g/mol. The van der Waals surface area contributed by atoms with Crippen molar-refractivity contribution >= 4 is 0 Å². The molecule has 1 aliphatic rings. The summed E-state index contributed by atoms with van der Waals surface area (Å²) in [6.45, 7) is 5.98. The van der Waals surface area contributed by atoms with Crippen molar-refractivity contribution in [2.75, 3.05) is 32.8 Å². The maximum Gasteiger partial charge on any atom is 0.131 e. The summed E-state index contributed by atoms with van der Waals surface area (Å²) < 4.78 is 33.6. The van der Waals surface area contributed by atoms with Crippen molar-refractivity contribution in [1.29, 1.82) is 0 Å². The lowest BCUT2D eigenvalue weighted by molar-refractivity contribution is 0.236. The zero-order chi connectivity index (χ0) is 17.6. The lowest BCUT2D eigenvalue weighted by atomic mass is 9.96. The summed E-state index contributed by atoms with van der Waals surface area (Å²) in [5.41, 5.74) is 1.45. The van der Waals surface area contributed by atoms with E-state index >= 15 is 0 Å². The number of halogens is 2. The zero-order valence-corrected chi connectivity index (χ0v) is 14.5. The first-order chi connectivity index (χ1) is 12.2. The first kappa shape index (κ1) is 17.8. The molecule has 1 aliphatic heterocycles. The summed E-state index contributed by atoms with van der Waals surface area (Å²) in [5.74, 6) is -0.301. The van der Waals surface area contributed by atoms with Gasteiger partial charge in [-0.15, -0.1) is 0 Å². The van der Waals surface area contributed by atoms with Gasteiger partial charge in [0.05, 0.1) is 12.6 Å². The molecule has 3 rings (SSSR count). The summed E-state index contributed by atoms with van der Waals surface area (Å²) in [6, 6.07) is 11.3. The smallest absolute Gasteiger partial charge is 0.131 e. The third-order valence-corrected chi connectivity index (χ3v) is 4.48. The molecule has 134 valence electrons. The highest BCUT2D eigenvalue weighted by Gasteiger charge is 2.26. The second-order valence-electron chi connectivity index (χ2n) is 6.21. The van der Waals surface area contributed by atoms with Crippen LogP contribution in [0.3, 0.4) is 0 Å². The first-order valence-corrected chi connectivity index (χ1v) is 8.81. The minimum atomic E-state index is -0.555. The Balaban J connectivity index is 2.03. The van der Waals surface area contributed by atoms with Crippen LogP contribution in [0.4, 0.5) is 8.78 Å². The molecule has 1 saturated heterocycles. The van der Waals surface area contributed by atoms with Crippen LogP contribution < -0.4 is 10.1 Å². The fraction of sp³-hybridized carbons (Fsp3) is 0.400. The Labute approximate surface area is 147 Å². The molecule has 2 aromatic carbocycles. The lowest BCUT2D eigenvalue weighted by Crippen LogP contribution is -2.33. The van der Waals surface area contributed by atoms with Crippen LogP contribution in [0.15, 0.2) is 42.5 Å². The van der Waals surface area contributed by atoms with Crippen LogP contribution in [0.1, 0.15) is 30.5 Å². The van der Waals surface area contributed by atoms with Crippen molar-refractivity contribution in [3.05, 3.63) is 65.2 Å². The Kier molecular flexibility index (Phi) is 6.00. The van der Waals surface area contributed by atoms with E-state index in [4.69, 9.17) is 4.74 Å². The van der Waals surface area contributed by atoms with E-state index in [-0.39, 0.29) is 6.04 Å². The molecule has 0 aromatic heterocycles. The van der Waals surface area contributed by atoms with E-state index in [9.17, 15) is 8.78 Å². The Morgan fingerprint density at radius 2 is 2.00 bits per heavy atom. The minimum absolute atomic E-state index is 0.263. The fourth-order valence-corrected chi connectivity index (χ4v) is 3.38. The number of benzene rings is 2. The molecule has 1 unspecified atom stereocenters. The van der Waals surface area contributed by atoms with Crippen LogP contribution in [0.25, 0.3) is 0 Å². The van der Waals surface area contributed by atoms with Gasteiger partial charge in [-0.25, -0.2) is 8.78 Å². The van der Waals surface area contributed by atoms with Gasteiger partial charge >= 0.3 is 0 Å². The van der Waals surface area contributed by atoms with E-state index in [2.05, 4.69) is 10.2 Å². The van der Waals surface area contributed by atoms with Gasteiger partial charge in [-0.05, 0) is 43.7 Å². The van der Waals surface area contributed by atoms with Crippen molar-refractivity contribution in [3.63, 3.8) is 0 Å². The highest BCUT2D eigenvalue weighted by Crippen LogP contribution is 2.33. The van der Waals surface area contributed by atoms with Crippen LogP contribution in [0.5, 0.6) is 5.75 Å². The Bertz CT molecular complexity index is 700. The van der Waals surface area contributed by atoms with E-state index in [1.807, 2.05) is 31.2 Å². The number of nitrogens with one attached hydrogen (secondary N) is 1. The quantitative estimate of drug-likeness (QED) is 0.892. The SMILES string of the molecule is CCOc1cccc(C(c2ccc(F)cc2F)N2CCCNCC2)c1. The predicted octanol–water partition coefficient (Wildman–Crippen LogP) is 3.75. The van der Waals surface area contributed by atoms with Gasteiger partial charge in [0.25, 0.3) is 0 Å². The second-order valence-corrected chi connectivity index (χ2v) is 6.21. The van der Waals surface area contributed by atoms with Gasteiger partial charge in [-0.3, -0.25) is 4.90 Å². The fourth-order valence-electron chi connectivity index (χ4n) is 3.38. The molecular formula is C20H24F2N2O. The molecule has 1 fully saturated rings. The summed E-state index contributed by atoms with van der Waals surface area (Å²) in [7, 11) is 0. The number of ether oxygens (including phenoxy) is 1. The average molecular weight is 346 g/mol. The topological polar surface area (TPSA) is 24.5 Å². The third kappa shape index (κ3) is 4.35. The van der Waals surface area contributed by atoms with Crippen LogP contribution in [-0.2, 0) is 0 Å². The molecule has 0 aliphatic carbocycles. The molecule has 0 radical (unpaired) electrons. The molecule has 2 aromatic rings. The zero-order valence-electron chi connectivity index (χ0n) is 14.5. The van der Waals surface area contributed by atoms with E-state index in [1.165, 1.54) is 6.07 Å². The Morgan fingerprint density at radius 1 is 1.12 bits per heavy atom. The normalized spacial score (nSPS) is 17.1. The van der Waals surface area contributed by atoms with Crippen LogP contribution in [0, 0.1) is 11.6 Å². The first-order valence-electron chi connectivity index (χ1n) is 8.81.